The minimum Gasteiger partial charge on any atom is -0.497 e. The van der Waals surface area contributed by atoms with Gasteiger partial charge in [0, 0.05) is 65.0 Å². The molecule has 1 saturated heterocycles. The number of fused-ring (bicyclic) bond motifs is 3. The molecule has 2 aliphatic heterocycles. The lowest BCUT2D eigenvalue weighted by Gasteiger charge is -2.30. The highest BCUT2D eigenvalue weighted by molar-refractivity contribution is 7.14. The molecule has 6 amide bonds. The first-order chi connectivity index (χ1) is 31.8. The van der Waals surface area contributed by atoms with E-state index in [0.717, 1.165) is 30.8 Å². The molecule has 19 nitrogen and oxygen atoms in total. The van der Waals surface area contributed by atoms with Crippen LogP contribution in [0.3, 0.4) is 0 Å². The molecule has 4 heterocycles. The molecule has 348 valence electrons. The van der Waals surface area contributed by atoms with Gasteiger partial charge < -0.3 is 35.6 Å². The molecule has 0 unspecified atom stereocenters. The summed E-state index contributed by atoms with van der Waals surface area (Å²) >= 11 is 1.45. The number of benzene rings is 2. The summed E-state index contributed by atoms with van der Waals surface area (Å²) in [6, 6.07) is 9.78. The molecule has 0 spiro atoms. The van der Waals surface area contributed by atoms with Gasteiger partial charge in [-0.1, -0.05) is 31.4 Å². The number of aromatic nitrogens is 2. The van der Waals surface area contributed by atoms with Gasteiger partial charge in [0.1, 0.15) is 40.9 Å². The number of nitrogens with zero attached hydrogens (tertiary/aromatic N) is 4. The summed E-state index contributed by atoms with van der Waals surface area (Å²) in [6.45, 7) is 4.04. The van der Waals surface area contributed by atoms with Crippen molar-refractivity contribution in [3.8, 4) is 22.9 Å². The van der Waals surface area contributed by atoms with Gasteiger partial charge in [-0.2, -0.15) is 0 Å². The van der Waals surface area contributed by atoms with Gasteiger partial charge in [0.25, 0.3) is 17.5 Å². The van der Waals surface area contributed by atoms with Crippen LogP contribution in [0.5, 0.6) is 11.5 Å². The number of ether oxygens (including phenoxy) is 2. The second-order valence-electron chi connectivity index (χ2n) is 17.6. The van der Waals surface area contributed by atoms with E-state index in [1.807, 2.05) is 37.4 Å². The van der Waals surface area contributed by atoms with Crippen LogP contribution < -0.4 is 41.6 Å². The van der Waals surface area contributed by atoms with E-state index in [4.69, 9.17) is 19.4 Å². The standard InChI is InChI=1S/C46H54N10O9S/c1-26(2)47-45-51-37(25-66-45)36-22-39(33-19-18-31(64-3)20-35(33)49-36)65-32-21-38-41(58)52-46(43(60)54-53-40(57)27-14-16-30(17-15-27)56(62)63)23-28(46)10-6-4-5-7-13-34(42(59)55(38)24-32)50-44(61)48-29-11-8-9-12-29/h6,10,14-20,22,25-26,28-29,32,34,38H,4-5,7-9,11-13,21,23-24H2,1-3H3,(H,47,51)(H,52,58)(H,53,57)(H,54,60)(H2,48,50,61)/b10-6-/t28-,32-,34+,38+,46-/m1/s1. The second-order valence-corrected chi connectivity index (χ2v) is 18.4. The highest BCUT2D eigenvalue weighted by atomic mass is 32.1. The van der Waals surface area contributed by atoms with E-state index in [-0.39, 0.29) is 42.7 Å². The Bertz CT molecular complexity index is 2530. The van der Waals surface area contributed by atoms with Crippen molar-refractivity contribution in [1.82, 2.24) is 41.7 Å². The number of carbonyl (C=O) groups excluding carboxylic acids is 5. The number of carbonyl (C=O) groups is 5. The molecule has 5 atom stereocenters. The number of amides is 6. The summed E-state index contributed by atoms with van der Waals surface area (Å²) in [6.07, 6.45) is 9.37. The van der Waals surface area contributed by atoms with Crippen LogP contribution in [-0.2, 0) is 14.4 Å². The third-order valence-electron chi connectivity index (χ3n) is 12.5. The zero-order valence-corrected chi connectivity index (χ0v) is 37.8. The quantitative estimate of drug-likeness (QED) is 0.0619. The van der Waals surface area contributed by atoms with E-state index in [9.17, 15) is 34.1 Å². The van der Waals surface area contributed by atoms with Crippen molar-refractivity contribution in [1.29, 1.82) is 0 Å². The molecular weight excluding hydrogens is 869 g/mol. The van der Waals surface area contributed by atoms with Crippen molar-refractivity contribution >= 4 is 62.7 Å². The summed E-state index contributed by atoms with van der Waals surface area (Å²) in [4.78, 5) is 91.6. The number of non-ortho nitro benzene ring substituents is 1. The number of pyridine rings is 1. The molecule has 2 aromatic carbocycles. The maximum Gasteiger partial charge on any atom is 0.315 e. The molecular formula is C46H54N10O9S. The zero-order chi connectivity index (χ0) is 46.5. The van der Waals surface area contributed by atoms with Crippen LogP contribution in [0.1, 0.15) is 88.4 Å². The number of allylic oxidation sites excluding steroid dienone is 1. The average molecular weight is 923 g/mol. The third-order valence-corrected chi connectivity index (χ3v) is 13.2. The fourth-order valence-electron chi connectivity index (χ4n) is 8.89. The summed E-state index contributed by atoms with van der Waals surface area (Å²) in [7, 11) is 1.57. The minimum atomic E-state index is -1.47. The molecule has 4 aliphatic rings. The van der Waals surface area contributed by atoms with Crippen molar-refractivity contribution in [2.45, 2.75) is 114 Å². The van der Waals surface area contributed by atoms with E-state index in [1.165, 1.54) is 40.5 Å². The van der Waals surface area contributed by atoms with Gasteiger partial charge >= 0.3 is 6.03 Å². The van der Waals surface area contributed by atoms with Crippen molar-refractivity contribution in [3.63, 3.8) is 0 Å². The van der Waals surface area contributed by atoms with Crippen molar-refractivity contribution in [3.05, 3.63) is 81.7 Å². The Balaban J connectivity index is 1.08. The van der Waals surface area contributed by atoms with Gasteiger partial charge in [0.2, 0.25) is 11.8 Å². The van der Waals surface area contributed by atoms with Crippen molar-refractivity contribution in [2.75, 3.05) is 19.0 Å². The molecule has 8 rings (SSSR count). The molecule has 4 aromatic rings. The number of thiazole rings is 1. The van der Waals surface area contributed by atoms with E-state index in [0.29, 0.717) is 59.5 Å². The number of hydrazine groups is 1. The van der Waals surface area contributed by atoms with Gasteiger partial charge in [0.05, 0.1) is 29.8 Å². The number of methoxy groups -OCH3 is 1. The molecule has 0 radical (unpaired) electrons. The van der Waals surface area contributed by atoms with Crippen molar-refractivity contribution < 1.29 is 38.4 Å². The largest absolute Gasteiger partial charge is 0.497 e. The Kier molecular flexibility index (Phi) is 13.7. The Morgan fingerprint density at radius 1 is 0.970 bits per heavy atom. The normalized spacial score (nSPS) is 23.7. The Labute approximate surface area is 385 Å². The molecule has 2 saturated carbocycles. The van der Waals surface area contributed by atoms with Crippen LogP contribution in [0.2, 0.25) is 0 Å². The average Bonchev–Trinajstić information content (AvgIpc) is 3.74. The summed E-state index contributed by atoms with van der Waals surface area (Å²) in [5.41, 5.74) is 4.96. The number of nitrogens with one attached hydrogen (secondary N) is 6. The number of hydrogen-bond donors (Lipinski definition) is 6. The van der Waals surface area contributed by atoms with Gasteiger partial charge in [-0.15, -0.1) is 11.3 Å². The first kappa shape index (κ1) is 45.7. The van der Waals surface area contributed by atoms with Gasteiger partial charge in [0.15, 0.2) is 5.13 Å². The monoisotopic (exact) mass is 922 g/mol. The van der Waals surface area contributed by atoms with E-state index in [2.05, 4.69) is 32.1 Å². The predicted octanol–water partition coefficient (Wildman–Crippen LogP) is 5.52. The lowest BCUT2D eigenvalue weighted by atomic mass is 10.0. The molecule has 2 aromatic heterocycles. The van der Waals surface area contributed by atoms with E-state index >= 15 is 0 Å². The second kappa shape index (κ2) is 19.7. The van der Waals surface area contributed by atoms with Crippen LogP contribution >= 0.6 is 11.3 Å². The molecule has 0 bridgehead atoms. The fraction of sp³-hybridized carbons (Fsp3) is 0.457. The van der Waals surface area contributed by atoms with E-state index in [1.54, 1.807) is 25.3 Å². The fourth-order valence-corrected chi connectivity index (χ4v) is 9.74. The van der Waals surface area contributed by atoms with Crippen LogP contribution in [0.15, 0.2) is 66.1 Å². The summed E-state index contributed by atoms with van der Waals surface area (Å²) in [5.74, 6) is -1.84. The van der Waals surface area contributed by atoms with Crippen LogP contribution in [-0.4, -0.2) is 98.9 Å². The minimum absolute atomic E-state index is 0.0123. The lowest BCUT2D eigenvalue weighted by molar-refractivity contribution is -0.384. The number of nitro benzene ring substituents is 1. The number of anilines is 1. The highest BCUT2D eigenvalue weighted by Crippen LogP contribution is 2.46. The van der Waals surface area contributed by atoms with Crippen LogP contribution in [0.4, 0.5) is 15.6 Å². The summed E-state index contributed by atoms with van der Waals surface area (Å²) < 4.78 is 12.3. The SMILES string of the molecule is COc1ccc2c(O[C@@H]3C[C@H]4C(=O)N[C@]5(C(=O)NNC(=O)c6ccc([N+](=O)[O-])cc6)C[C@H]5/C=C\CCCC[C@H](NC(=O)NC5CCCC5)C(=O)N4C3)cc(-c3csc(NC(C)C)n3)nc2c1. The molecule has 20 heteroatoms. The van der Waals surface area contributed by atoms with Gasteiger partial charge in [-0.25, -0.2) is 14.8 Å². The topological polar surface area (TPSA) is 248 Å². The summed E-state index contributed by atoms with van der Waals surface area (Å²) in [5, 5.41) is 26.7. The first-order valence-corrected chi connectivity index (χ1v) is 23.3. The molecule has 6 N–H and O–H groups in total. The smallest absolute Gasteiger partial charge is 0.315 e. The Hall–Kier alpha value is -6.83. The number of hydrogen-bond acceptors (Lipinski definition) is 13. The maximum atomic E-state index is 14.8. The highest BCUT2D eigenvalue weighted by Gasteiger charge is 2.61. The van der Waals surface area contributed by atoms with Crippen LogP contribution in [0.25, 0.3) is 22.3 Å². The van der Waals surface area contributed by atoms with Crippen LogP contribution in [0, 0.1) is 16.0 Å². The number of urea groups is 1. The zero-order valence-electron chi connectivity index (χ0n) is 37.0. The molecule has 3 fully saturated rings. The van der Waals surface area contributed by atoms with Gasteiger partial charge in [-0.3, -0.25) is 40.1 Å². The lowest BCUT2D eigenvalue weighted by Crippen LogP contribution is -2.59. The maximum absolute atomic E-state index is 14.8. The van der Waals surface area contributed by atoms with Gasteiger partial charge in [-0.05, 0) is 76.6 Å². The van der Waals surface area contributed by atoms with Crippen molar-refractivity contribution in [2.24, 2.45) is 5.92 Å². The number of rotatable bonds is 11. The molecule has 2 aliphatic carbocycles. The first-order valence-electron chi connectivity index (χ1n) is 22.4. The Morgan fingerprint density at radius 2 is 1.74 bits per heavy atom. The number of nitro groups is 1. The Morgan fingerprint density at radius 3 is 2.48 bits per heavy atom. The van der Waals surface area contributed by atoms with E-state index < -0.39 is 64.2 Å². The predicted molar refractivity (Wildman–Crippen MR) is 246 cm³/mol. The third kappa shape index (κ3) is 10.3. The molecule has 66 heavy (non-hydrogen) atoms.